The van der Waals surface area contributed by atoms with Crippen LogP contribution in [0.3, 0.4) is 0 Å². The fourth-order valence-electron chi connectivity index (χ4n) is 2.19. The Bertz CT molecular complexity index is 204. The van der Waals surface area contributed by atoms with Crippen molar-refractivity contribution in [1.29, 1.82) is 0 Å². The molecule has 0 aliphatic rings. The lowest BCUT2D eigenvalue weighted by molar-refractivity contribution is 0.156. The monoisotopic (exact) mass is 272 g/mol. The first-order valence-electron chi connectivity index (χ1n) is 7.87. The highest BCUT2D eigenvalue weighted by Crippen LogP contribution is 2.12. The van der Waals surface area contributed by atoms with Crippen molar-refractivity contribution in [2.45, 2.75) is 89.8 Å². The molecule has 0 saturated heterocycles. The van der Waals surface area contributed by atoms with Gasteiger partial charge in [0.25, 0.3) is 0 Å². The van der Waals surface area contributed by atoms with E-state index < -0.39 is 6.10 Å². The number of aliphatic hydroxyl groups is 3. The van der Waals surface area contributed by atoms with Crippen molar-refractivity contribution in [3.8, 4) is 0 Å². The van der Waals surface area contributed by atoms with E-state index in [4.69, 9.17) is 5.11 Å². The lowest BCUT2D eigenvalue weighted by atomic mass is 10.0. The van der Waals surface area contributed by atoms with Gasteiger partial charge in [0.05, 0.1) is 18.5 Å². The van der Waals surface area contributed by atoms with Crippen LogP contribution in [-0.4, -0.2) is 27.5 Å². The standard InChI is InChI=1S/C16H32O3/c1-2-15(18)11-9-7-5-3-4-6-8-10-12-16(19)13-14-17/h13-19H,2-12H2,1H3. The average molecular weight is 272 g/mol. The highest BCUT2D eigenvalue weighted by atomic mass is 16.3. The van der Waals surface area contributed by atoms with Gasteiger partial charge in [0.15, 0.2) is 0 Å². The Morgan fingerprint density at radius 3 is 1.74 bits per heavy atom. The Labute approximate surface area is 118 Å². The van der Waals surface area contributed by atoms with E-state index in [-0.39, 0.29) is 6.10 Å². The zero-order valence-electron chi connectivity index (χ0n) is 12.4. The lowest BCUT2D eigenvalue weighted by Gasteiger charge is -2.07. The predicted molar refractivity (Wildman–Crippen MR) is 80.2 cm³/mol. The maximum atomic E-state index is 9.40. The van der Waals surface area contributed by atoms with Crippen LogP contribution in [0.2, 0.25) is 0 Å². The molecular weight excluding hydrogens is 240 g/mol. The topological polar surface area (TPSA) is 60.7 Å². The molecule has 0 fully saturated rings. The minimum atomic E-state index is -0.491. The van der Waals surface area contributed by atoms with E-state index in [2.05, 4.69) is 0 Å². The molecule has 0 aromatic carbocycles. The minimum absolute atomic E-state index is 0.0978. The van der Waals surface area contributed by atoms with E-state index >= 15 is 0 Å². The van der Waals surface area contributed by atoms with E-state index in [9.17, 15) is 10.2 Å². The van der Waals surface area contributed by atoms with Gasteiger partial charge in [0.1, 0.15) is 0 Å². The predicted octanol–water partition coefficient (Wildman–Crippen LogP) is 4.09. The maximum Gasteiger partial charge on any atom is 0.0777 e. The molecule has 2 unspecified atom stereocenters. The van der Waals surface area contributed by atoms with E-state index in [1.54, 1.807) is 0 Å². The molecule has 3 nitrogen and oxygen atoms in total. The third-order valence-corrected chi connectivity index (χ3v) is 3.57. The van der Waals surface area contributed by atoms with Gasteiger partial charge >= 0.3 is 0 Å². The van der Waals surface area contributed by atoms with Gasteiger partial charge in [-0.1, -0.05) is 58.3 Å². The fraction of sp³-hybridized carbons (Fsp3) is 0.875. The van der Waals surface area contributed by atoms with E-state index in [1.165, 1.54) is 38.2 Å². The molecule has 3 heteroatoms. The molecule has 0 saturated carbocycles. The summed E-state index contributed by atoms with van der Waals surface area (Å²) in [5.74, 6) is 0. The van der Waals surface area contributed by atoms with Crippen molar-refractivity contribution in [1.82, 2.24) is 0 Å². The van der Waals surface area contributed by atoms with Crippen LogP contribution >= 0.6 is 0 Å². The first kappa shape index (κ1) is 18.5. The van der Waals surface area contributed by atoms with Crippen molar-refractivity contribution >= 4 is 0 Å². The van der Waals surface area contributed by atoms with Crippen LogP contribution in [-0.2, 0) is 0 Å². The lowest BCUT2D eigenvalue weighted by Crippen LogP contribution is -2.03. The molecule has 2 atom stereocenters. The second-order valence-electron chi connectivity index (χ2n) is 5.38. The van der Waals surface area contributed by atoms with E-state index in [0.717, 1.165) is 44.8 Å². The molecule has 0 rings (SSSR count). The molecule has 0 aliphatic heterocycles. The molecule has 114 valence electrons. The van der Waals surface area contributed by atoms with Gasteiger partial charge in [-0.25, -0.2) is 0 Å². The van der Waals surface area contributed by atoms with Gasteiger partial charge in [0.2, 0.25) is 0 Å². The first-order valence-corrected chi connectivity index (χ1v) is 7.87. The molecule has 0 radical (unpaired) electrons. The van der Waals surface area contributed by atoms with Crippen LogP contribution in [0.25, 0.3) is 0 Å². The van der Waals surface area contributed by atoms with Crippen molar-refractivity contribution < 1.29 is 15.3 Å². The SMILES string of the molecule is CCC(O)CCCCCCCCCCC(O)C=CO. The maximum absolute atomic E-state index is 9.40. The number of hydrogen-bond donors (Lipinski definition) is 3. The smallest absolute Gasteiger partial charge is 0.0777 e. The summed E-state index contributed by atoms with van der Waals surface area (Å²) in [7, 11) is 0. The normalized spacial score (nSPS) is 14.9. The number of unbranched alkanes of at least 4 members (excludes halogenated alkanes) is 7. The Morgan fingerprint density at radius 2 is 1.26 bits per heavy atom. The Hall–Kier alpha value is -0.540. The molecule has 0 amide bonds. The molecule has 19 heavy (non-hydrogen) atoms. The summed E-state index contributed by atoms with van der Waals surface area (Å²) in [4.78, 5) is 0. The first-order chi connectivity index (χ1) is 9.20. The summed E-state index contributed by atoms with van der Waals surface area (Å²) < 4.78 is 0. The van der Waals surface area contributed by atoms with E-state index in [1.807, 2.05) is 6.92 Å². The molecule has 0 aromatic heterocycles. The largest absolute Gasteiger partial charge is 0.516 e. The summed E-state index contributed by atoms with van der Waals surface area (Å²) in [6.45, 7) is 2.03. The zero-order valence-corrected chi connectivity index (χ0v) is 12.4. The van der Waals surface area contributed by atoms with Gasteiger partial charge in [0, 0.05) is 0 Å². The summed E-state index contributed by atoms with van der Waals surface area (Å²) in [5.41, 5.74) is 0. The van der Waals surface area contributed by atoms with Crippen molar-refractivity contribution in [3.63, 3.8) is 0 Å². The second-order valence-corrected chi connectivity index (χ2v) is 5.38. The van der Waals surface area contributed by atoms with Crippen LogP contribution in [0.4, 0.5) is 0 Å². The van der Waals surface area contributed by atoms with Crippen LogP contribution in [0, 0.1) is 0 Å². The molecule has 0 aromatic rings. The second kappa shape index (κ2) is 13.9. The number of aliphatic hydroxyl groups excluding tert-OH is 3. The van der Waals surface area contributed by atoms with Gasteiger partial charge in [-0.05, 0) is 25.3 Å². The quantitative estimate of drug-likeness (QED) is 0.349. The molecule has 0 aliphatic carbocycles. The van der Waals surface area contributed by atoms with Crippen LogP contribution in [0.1, 0.15) is 77.6 Å². The van der Waals surface area contributed by atoms with Crippen molar-refractivity contribution in [2.75, 3.05) is 0 Å². The number of rotatable bonds is 13. The van der Waals surface area contributed by atoms with Gasteiger partial charge < -0.3 is 15.3 Å². The van der Waals surface area contributed by atoms with Crippen LogP contribution < -0.4 is 0 Å². The number of hydrogen-bond acceptors (Lipinski definition) is 3. The van der Waals surface area contributed by atoms with Crippen LogP contribution in [0.15, 0.2) is 12.3 Å². The minimum Gasteiger partial charge on any atom is -0.516 e. The molecular formula is C16H32O3. The summed E-state index contributed by atoms with van der Waals surface area (Å²) in [6.07, 6.45) is 13.9. The molecule has 0 heterocycles. The third kappa shape index (κ3) is 13.7. The molecule has 0 spiro atoms. The Morgan fingerprint density at radius 1 is 0.789 bits per heavy atom. The third-order valence-electron chi connectivity index (χ3n) is 3.57. The van der Waals surface area contributed by atoms with Crippen LogP contribution in [0.5, 0.6) is 0 Å². The summed E-state index contributed by atoms with van der Waals surface area (Å²) in [5, 5.41) is 27.2. The van der Waals surface area contributed by atoms with Gasteiger partial charge in [-0.15, -0.1) is 0 Å². The highest BCUT2D eigenvalue weighted by molar-refractivity contribution is 4.81. The fourth-order valence-corrected chi connectivity index (χ4v) is 2.19. The Kier molecular flexibility index (Phi) is 13.5. The van der Waals surface area contributed by atoms with Crippen molar-refractivity contribution in [2.24, 2.45) is 0 Å². The molecule has 3 N–H and O–H groups in total. The Balaban J connectivity index is 3.11. The highest BCUT2D eigenvalue weighted by Gasteiger charge is 2.00. The van der Waals surface area contributed by atoms with Gasteiger partial charge in [-0.3, -0.25) is 0 Å². The zero-order chi connectivity index (χ0) is 14.3. The summed E-state index contributed by atoms with van der Waals surface area (Å²) >= 11 is 0. The van der Waals surface area contributed by atoms with Gasteiger partial charge in [-0.2, -0.15) is 0 Å². The average Bonchev–Trinajstić information content (AvgIpc) is 2.40. The van der Waals surface area contributed by atoms with Crippen molar-refractivity contribution in [3.05, 3.63) is 12.3 Å². The van der Waals surface area contributed by atoms with E-state index in [0.29, 0.717) is 0 Å². The molecule has 0 bridgehead atoms. The summed E-state index contributed by atoms with van der Waals surface area (Å²) in [6, 6.07) is 0.